The van der Waals surface area contributed by atoms with Gasteiger partial charge in [-0.3, -0.25) is 4.79 Å². The lowest BCUT2D eigenvalue weighted by Crippen LogP contribution is -2.33. The molecule has 0 aliphatic heterocycles. The summed E-state index contributed by atoms with van der Waals surface area (Å²) in [7, 11) is 0. The Bertz CT molecular complexity index is 703. The summed E-state index contributed by atoms with van der Waals surface area (Å²) in [6.07, 6.45) is 0.899. The average Bonchev–Trinajstić information content (AvgIpc) is 2.43. The molecule has 2 rings (SSSR count). The van der Waals surface area contributed by atoms with Crippen LogP contribution >= 0.6 is 0 Å². The molecular weight excluding hydrogens is 270 g/mol. The standard InChI is InChI=1S/C16H19NO4/c1-4-7-20-12-6-5-11-8-13(15(18)17-10(2)3)16(19)21-14(11)9-12/h5-6,8-10H,4,7H2,1-3H3,(H,17,18). The van der Waals surface area contributed by atoms with E-state index in [1.54, 1.807) is 24.3 Å². The number of hydrogen-bond donors (Lipinski definition) is 1. The molecule has 1 aromatic heterocycles. The normalized spacial score (nSPS) is 10.9. The fraction of sp³-hybridized carbons (Fsp3) is 0.375. The van der Waals surface area contributed by atoms with Crippen molar-refractivity contribution in [3.05, 3.63) is 40.2 Å². The minimum absolute atomic E-state index is 0.0124. The first kappa shape index (κ1) is 15.1. The molecule has 1 aromatic carbocycles. The van der Waals surface area contributed by atoms with Gasteiger partial charge in [0.15, 0.2) is 0 Å². The maximum absolute atomic E-state index is 11.9. The van der Waals surface area contributed by atoms with Crippen LogP contribution in [0.3, 0.4) is 0 Å². The topological polar surface area (TPSA) is 68.5 Å². The maximum atomic E-state index is 11.9. The predicted octanol–water partition coefficient (Wildman–Crippen LogP) is 2.72. The number of amides is 1. The highest BCUT2D eigenvalue weighted by Gasteiger charge is 2.14. The van der Waals surface area contributed by atoms with Crippen molar-refractivity contribution in [3.63, 3.8) is 0 Å². The van der Waals surface area contributed by atoms with Crippen molar-refractivity contribution in [2.45, 2.75) is 33.2 Å². The molecule has 0 bridgehead atoms. The molecule has 0 aliphatic rings. The van der Waals surface area contributed by atoms with Crippen molar-refractivity contribution in [1.29, 1.82) is 0 Å². The van der Waals surface area contributed by atoms with Crippen LogP contribution in [0.5, 0.6) is 5.75 Å². The van der Waals surface area contributed by atoms with Gasteiger partial charge in [0.1, 0.15) is 16.9 Å². The predicted molar refractivity (Wildman–Crippen MR) is 80.9 cm³/mol. The van der Waals surface area contributed by atoms with Gasteiger partial charge in [-0.1, -0.05) is 6.92 Å². The molecule has 0 aliphatic carbocycles. The average molecular weight is 289 g/mol. The summed E-state index contributed by atoms with van der Waals surface area (Å²) < 4.78 is 10.7. The van der Waals surface area contributed by atoms with Crippen LogP contribution in [-0.2, 0) is 0 Å². The first-order valence-corrected chi connectivity index (χ1v) is 7.03. The van der Waals surface area contributed by atoms with E-state index in [9.17, 15) is 9.59 Å². The number of nitrogens with one attached hydrogen (secondary N) is 1. The van der Waals surface area contributed by atoms with E-state index < -0.39 is 11.5 Å². The van der Waals surface area contributed by atoms with E-state index in [0.29, 0.717) is 23.3 Å². The zero-order valence-electron chi connectivity index (χ0n) is 12.4. The van der Waals surface area contributed by atoms with E-state index in [0.717, 1.165) is 6.42 Å². The van der Waals surface area contributed by atoms with Crippen molar-refractivity contribution in [1.82, 2.24) is 5.32 Å². The Morgan fingerprint density at radius 1 is 1.33 bits per heavy atom. The van der Waals surface area contributed by atoms with Crippen LogP contribution in [0.1, 0.15) is 37.6 Å². The van der Waals surface area contributed by atoms with E-state index >= 15 is 0 Å². The molecule has 0 radical (unpaired) electrons. The molecule has 0 saturated carbocycles. The maximum Gasteiger partial charge on any atom is 0.349 e. The molecule has 1 N–H and O–H groups in total. The van der Waals surface area contributed by atoms with E-state index in [4.69, 9.17) is 9.15 Å². The molecule has 0 unspecified atom stereocenters. The van der Waals surface area contributed by atoms with Gasteiger partial charge >= 0.3 is 5.63 Å². The summed E-state index contributed by atoms with van der Waals surface area (Å²) in [6, 6.07) is 6.73. The van der Waals surface area contributed by atoms with Crippen LogP contribution in [0.25, 0.3) is 11.0 Å². The molecule has 0 spiro atoms. The Morgan fingerprint density at radius 3 is 2.76 bits per heavy atom. The number of carbonyl (C=O) groups is 1. The Kier molecular flexibility index (Phi) is 4.62. The highest BCUT2D eigenvalue weighted by molar-refractivity contribution is 5.96. The smallest absolute Gasteiger partial charge is 0.349 e. The third-order valence-electron chi connectivity index (χ3n) is 2.84. The zero-order valence-corrected chi connectivity index (χ0v) is 12.4. The van der Waals surface area contributed by atoms with Crippen molar-refractivity contribution in [2.24, 2.45) is 0 Å². The third kappa shape index (κ3) is 3.62. The molecule has 1 heterocycles. The highest BCUT2D eigenvalue weighted by Crippen LogP contribution is 2.20. The Morgan fingerprint density at radius 2 is 2.10 bits per heavy atom. The fourth-order valence-electron chi connectivity index (χ4n) is 1.90. The van der Waals surface area contributed by atoms with E-state index in [1.807, 2.05) is 20.8 Å². The van der Waals surface area contributed by atoms with Gasteiger partial charge in [0.2, 0.25) is 0 Å². The van der Waals surface area contributed by atoms with Crippen molar-refractivity contribution in [2.75, 3.05) is 6.61 Å². The van der Waals surface area contributed by atoms with Crippen LogP contribution in [0.2, 0.25) is 0 Å². The molecule has 0 atom stereocenters. The van der Waals surface area contributed by atoms with Gasteiger partial charge in [-0.05, 0) is 38.5 Å². The summed E-state index contributed by atoms with van der Waals surface area (Å²) in [5.41, 5.74) is -0.221. The van der Waals surface area contributed by atoms with Crippen LogP contribution in [0.15, 0.2) is 33.5 Å². The Labute approximate surface area is 122 Å². The van der Waals surface area contributed by atoms with Gasteiger partial charge in [-0.25, -0.2) is 4.79 Å². The molecular formula is C16H19NO4. The number of ether oxygens (including phenoxy) is 1. The monoisotopic (exact) mass is 289 g/mol. The second-order valence-corrected chi connectivity index (χ2v) is 5.12. The van der Waals surface area contributed by atoms with Crippen LogP contribution < -0.4 is 15.7 Å². The summed E-state index contributed by atoms with van der Waals surface area (Å²) in [5, 5.41) is 3.37. The van der Waals surface area contributed by atoms with Gasteiger partial charge < -0.3 is 14.5 Å². The Balaban J connectivity index is 2.38. The number of hydrogen-bond acceptors (Lipinski definition) is 4. The molecule has 0 fully saturated rings. The second kappa shape index (κ2) is 6.43. The molecule has 2 aromatic rings. The third-order valence-corrected chi connectivity index (χ3v) is 2.84. The van der Waals surface area contributed by atoms with Crippen LogP contribution in [0, 0.1) is 0 Å². The first-order valence-electron chi connectivity index (χ1n) is 7.03. The molecule has 0 saturated heterocycles. The van der Waals surface area contributed by atoms with Gasteiger partial charge in [0.05, 0.1) is 6.61 Å². The minimum Gasteiger partial charge on any atom is -0.493 e. The molecule has 1 amide bonds. The van der Waals surface area contributed by atoms with Crippen molar-refractivity contribution < 1.29 is 13.9 Å². The fourth-order valence-corrected chi connectivity index (χ4v) is 1.90. The van der Waals surface area contributed by atoms with Gasteiger partial charge in [0.25, 0.3) is 5.91 Å². The van der Waals surface area contributed by atoms with E-state index in [2.05, 4.69) is 5.32 Å². The zero-order chi connectivity index (χ0) is 15.4. The number of rotatable bonds is 5. The minimum atomic E-state index is -0.645. The van der Waals surface area contributed by atoms with E-state index in [1.165, 1.54) is 0 Å². The van der Waals surface area contributed by atoms with Crippen LogP contribution in [0.4, 0.5) is 0 Å². The number of fused-ring (bicyclic) bond motifs is 1. The van der Waals surface area contributed by atoms with E-state index in [-0.39, 0.29) is 11.6 Å². The lowest BCUT2D eigenvalue weighted by Gasteiger charge is -2.08. The second-order valence-electron chi connectivity index (χ2n) is 5.12. The molecule has 112 valence electrons. The summed E-state index contributed by atoms with van der Waals surface area (Å²) in [6.45, 7) is 6.28. The number of benzene rings is 1. The Hall–Kier alpha value is -2.30. The van der Waals surface area contributed by atoms with Gasteiger partial charge in [0, 0.05) is 17.5 Å². The highest BCUT2D eigenvalue weighted by atomic mass is 16.5. The molecule has 5 nitrogen and oxygen atoms in total. The quantitative estimate of drug-likeness (QED) is 0.859. The summed E-state index contributed by atoms with van der Waals surface area (Å²) >= 11 is 0. The summed E-state index contributed by atoms with van der Waals surface area (Å²) in [4.78, 5) is 23.8. The molecule has 5 heteroatoms. The van der Waals surface area contributed by atoms with Crippen molar-refractivity contribution >= 4 is 16.9 Å². The SMILES string of the molecule is CCCOc1ccc2cc(C(=O)NC(C)C)c(=O)oc2c1. The van der Waals surface area contributed by atoms with Crippen molar-refractivity contribution in [3.8, 4) is 5.75 Å². The molecule has 21 heavy (non-hydrogen) atoms. The lowest BCUT2D eigenvalue weighted by atomic mass is 10.1. The van der Waals surface area contributed by atoms with Gasteiger partial charge in [-0.15, -0.1) is 0 Å². The van der Waals surface area contributed by atoms with Gasteiger partial charge in [-0.2, -0.15) is 0 Å². The summed E-state index contributed by atoms with van der Waals surface area (Å²) in [5.74, 6) is 0.221. The number of carbonyl (C=O) groups excluding carboxylic acids is 1. The first-order chi connectivity index (χ1) is 10.0. The van der Waals surface area contributed by atoms with Crippen LogP contribution in [-0.4, -0.2) is 18.6 Å². The largest absolute Gasteiger partial charge is 0.493 e. The lowest BCUT2D eigenvalue weighted by molar-refractivity contribution is 0.0939.